The Morgan fingerprint density at radius 3 is 2.52 bits per heavy atom. The van der Waals surface area contributed by atoms with E-state index in [2.05, 4.69) is 15.6 Å². The minimum absolute atomic E-state index is 0.172. The van der Waals surface area contributed by atoms with Crippen LogP contribution in [0.1, 0.15) is 23.0 Å². The van der Waals surface area contributed by atoms with E-state index in [1.54, 1.807) is 29.6 Å². The molecule has 0 saturated heterocycles. The van der Waals surface area contributed by atoms with Gasteiger partial charge < -0.3 is 15.7 Å². The number of nitrogens with zero attached hydrogens (tertiary/aromatic N) is 2. The first-order chi connectivity index (χ1) is 11.8. The van der Waals surface area contributed by atoms with Crippen molar-refractivity contribution >= 4 is 40.1 Å². The molecule has 1 heterocycles. The van der Waals surface area contributed by atoms with Crippen LogP contribution in [0.2, 0.25) is 0 Å². The SMILES string of the molecule is CC(=O)Nc1nc(C(=O)Nc2ccc(CCN(N)C(=O)O)cc2)cs1. The van der Waals surface area contributed by atoms with E-state index in [9.17, 15) is 14.4 Å². The van der Waals surface area contributed by atoms with E-state index in [-0.39, 0.29) is 24.1 Å². The zero-order valence-electron chi connectivity index (χ0n) is 13.4. The number of nitrogens with two attached hydrogens (primary N) is 1. The molecular weight excluding hydrogens is 346 g/mol. The lowest BCUT2D eigenvalue weighted by atomic mass is 10.1. The van der Waals surface area contributed by atoms with Crippen LogP contribution in [0.4, 0.5) is 15.6 Å². The topological polar surface area (TPSA) is 138 Å². The van der Waals surface area contributed by atoms with Gasteiger partial charge in [-0.3, -0.25) is 9.59 Å². The van der Waals surface area contributed by atoms with Gasteiger partial charge in [0.25, 0.3) is 5.91 Å². The number of carboxylic acid groups (broad SMARTS) is 1. The van der Waals surface area contributed by atoms with Crippen LogP contribution in [-0.4, -0.2) is 39.6 Å². The number of aromatic nitrogens is 1. The highest BCUT2D eigenvalue weighted by molar-refractivity contribution is 7.14. The van der Waals surface area contributed by atoms with Crippen LogP contribution in [0, 0.1) is 0 Å². The quantitative estimate of drug-likeness (QED) is 0.350. The third-order valence-corrected chi connectivity index (χ3v) is 3.88. The number of rotatable bonds is 6. The van der Waals surface area contributed by atoms with Crippen LogP contribution in [-0.2, 0) is 11.2 Å². The summed E-state index contributed by atoms with van der Waals surface area (Å²) in [5.41, 5.74) is 1.67. The second kappa shape index (κ2) is 8.22. The van der Waals surface area contributed by atoms with Crippen molar-refractivity contribution in [1.82, 2.24) is 9.99 Å². The van der Waals surface area contributed by atoms with Crippen molar-refractivity contribution in [3.05, 3.63) is 40.9 Å². The number of anilines is 2. The average molecular weight is 363 g/mol. The molecule has 0 bridgehead atoms. The maximum absolute atomic E-state index is 12.1. The molecule has 0 aliphatic carbocycles. The number of benzene rings is 1. The zero-order valence-corrected chi connectivity index (χ0v) is 14.2. The fourth-order valence-corrected chi connectivity index (χ4v) is 2.62. The fraction of sp³-hybridized carbons (Fsp3) is 0.200. The molecule has 2 aromatic rings. The van der Waals surface area contributed by atoms with E-state index in [0.717, 1.165) is 16.9 Å². The van der Waals surface area contributed by atoms with Crippen LogP contribution in [0.15, 0.2) is 29.6 Å². The summed E-state index contributed by atoms with van der Waals surface area (Å²) in [6, 6.07) is 6.95. The number of hydrazine groups is 1. The Labute approximate surface area is 147 Å². The van der Waals surface area contributed by atoms with Gasteiger partial charge in [-0.25, -0.2) is 20.6 Å². The van der Waals surface area contributed by atoms with Crippen LogP contribution in [0.25, 0.3) is 0 Å². The van der Waals surface area contributed by atoms with E-state index >= 15 is 0 Å². The van der Waals surface area contributed by atoms with Crippen molar-refractivity contribution in [1.29, 1.82) is 0 Å². The van der Waals surface area contributed by atoms with Gasteiger partial charge in [-0.15, -0.1) is 11.3 Å². The molecule has 1 aromatic carbocycles. The van der Waals surface area contributed by atoms with Gasteiger partial charge in [0.2, 0.25) is 5.91 Å². The molecule has 0 aliphatic rings. The molecule has 0 aliphatic heterocycles. The molecule has 0 fully saturated rings. The molecule has 0 unspecified atom stereocenters. The van der Waals surface area contributed by atoms with Gasteiger partial charge in [-0.2, -0.15) is 0 Å². The monoisotopic (exact) mass is 363 g/mol. The summed E-state index contributed by atoms with van der Waals surface area (Å²) in [5.74, 6) is 4.66. The Bertz CT molecular complexity index is 774. The summed E-state index contributed by atoms with van der Waals surface area (Å²) in [7, 11) is 0. The average Bonchev–Trinajstić information content (AvgIpc) is 3.01. The lowest BCUT2D eigenvalue weighted by Gasteiger charge is -2.12. The summed E-state index contributed by atoms with van der Waals surface area (Å²) in [6.45, 7) is 1.54. The molecule has 0 spiro atoms. The van der Waals surface area contributed by atoms with Crippen LogP contribution in [0.3, 0.4) is 0 Å². The largest absolute Gasteiger partial charge is 0.464 e. The first-order valence-electron chi connectivity index (χ1n) is 7.23. The summed E-state index contributed by atoms with van der Waals surface area (Å²) >= 11 is 1.16. The fourth-order valence-electron chi connectivity index (χ4n) is 1.88. The number of hydrogen-bond acceptors (Lipinski definition) is 6. The predicted molar refractivity (Wildman–Crippen MR) is 93.4 cm³/mol. The molecule has 3 amide bonds. The second-order valence-electron chi connectivity index (χ2n) is 5.10. The minimum Gasteiger partial charge on any atom is -0.464 e. The number of carbonyl (C=O) groups is 3. The van der Waals surface area contributed by atoms with Gasteiger partial charge in [0, 0.05) is 24.5 Å². The number of amides is 3. The van der Waals surface area contributed by atoms with E-state index in [1.165, 1.54) is 6.92 Å². The Morgan fingerprint density at radius 2 is 1.92 bits per heavy atom. The van der Waals surface area contributed by atoms with Crippen molar-refractivity contribution in [3.8, 4) is 0 Å². The maximum Gasteiger partial charge on any atom is 0.421 e. The molecule has 9 nitrogen and oxygen atoms in total. The number of carbonyl (C=O) groups excluding carboxylic acids is 2. The maximum atomic E-state index is 12.1. The van der Waals surface area contributed by atoms with Gasteiger partial charge in [0.15, 0.2) is 5.13 Å². The highest BCUT2D eigenvalue weighted by atomic mass is 32.1. The molecule has 10 heteroatoms. The molecule has 25 heavy (non-hydrogen) atoms. The van der Waals surface area contributed by atoms with Crippen molar-refractivity contribution in [2.75, 3.05) is 17.2 Å². The van der Waals surface area contributed by atoms with Gasteiger partial charge in [0.1, 0.15) is 5.69 Å². The summed E-state index contributed by atoms with van der Waals surface area (Å²) in [6.07, 6.45) is -0.728. The smallest absolute Gasteiger partial charge is 0.421 e. The zero-order chi connectivity index (χ0) is 18.4. The van der Waals surface area contributed by atoms with Gasteiger partial charge in [-0.1, -0.05) is 12.1 Å². The van der Waals surface area contributed by atoms with Crippen molar-refractivity contribution in [2.24, 2.45) is 5.84 Å². The lowest BCUT2D eigenvalue weighted by Crippen LogP contribution is -2.37. The van der Waals surface area contributed by atoms with E-state index < -0.39 is 6.09 Å². The number of hydrogen-bond donors (Lipinski definition) is 4. The molecule has 1 aromatic heterocycles. The van der Waals surface area contributed by atoms with Crippen molar-refractivity contribution in [3.63, 3.8) is 0 Å². The molecular formula is C15H17N5O4S. The van der Waals surface area contributed by atoms with Gasteiger partial charge in [0.05, 0.1) is 0 Å². The van der Waals surface area contributed by atoms with E-state index in [1.807, 2.05) is 0 Å². The Morgan fingerprint density at radius 1 is 1.24 bits per heavy atom. The Hall–Kier alpha value is -2.98. The second-order valence-corrected chi connectivity index (χ2v) is 5.95. The molecule has 0 atom stereocenters. The standard InChI is InChI=1S/C15H17N5O4S/c1-9(21)17-14-19-12(8-25-14)13(22)18-11-4-2-10(3-5-11)6-7-20(16)15(23)24/h2-5,8H,6-7,16H2,1H3,(H,18,22)(H,23,24)(H,17,19,21). The predicted octanol–water partition coefficient (Wildman–Crippen LogP) is 1.75. The third kappa shape index (κ3) is 5.55. The highest BCUT2D eigenvalue weighted by Gasteiger charge is 2.12. The molecule has 5 N–H and O–H groups in total. The first kappa shape index (κ1) is 18.4. The minimum atomic E-state index is -1.19. The third-order valence-electron chi connectivity index (χ3n) is 3.12. The first-order valence-corrected chi connectivity index (χ1v) is 8.11. The Balaban J connectivity index is 1.92. The van der Waals surface area contributed by atoms with Crippen molar-refractivity contribution < 1.29 is 19.5 Å². The molecule has 2 rings (SSSR count). The van der Waals surface area contributed by atoms with Gasteiger partial charge >= 0.3 is 6.09 Å². The molecule has 132 valence electrons. The lowest BCUT2D eigenvalue weighted by molar-refractivity contribution is -0.114. The van der Waals surface area contributed by atoms with E-state index in [0.29, 0.717) is 22.2 Å². The van der Waals surface area contributed by atoms with Crippen LogP contribution < -0.4 is 16.5 Å². The van der Waals surface area contributed by atoms with Crippen molar-refractivity contribution in [2.45, 2.75) is 13.3 Å². The van der Waals surface area contributed by atoms with E-state index in [4.69, 9.17) is 10.9 Å². The summed E-state index contributed by atoms with van der Waals surface area (Å²) < 4.78 is 0. The summed E-state index contributed by atoms with van der Waals surface area (Å²) in [5, 5.41) is 16.5. The number of thiazole rings is 1. The molecule has 0 saturated carbocycles. The Kier molecular flexibility index (Phi) is 6.03. The van der Waals surface area contributed by atoms with Crippen LogP contribution in [0.5, 0.6) is 0 Å². The van der Waals surface area contributed by atoms with Crippen LogP contribution >= 0.6 is 11.3 Å². The highest BCUT2D eigenvalue weighted by Crippen LogP contribution is 2.17. The summed E-state index contributed by atoms with van der Waals surface area (Å²) in [4.78, 5) is 37.7. The molecule has 0 radical (unpaired) electrons. The number of nitrogens with one attached hydrogen (secondary N) is 2. The normalized spacial score (nSPS) is 10.2. The van der Waals surface area contributed by atoms with Gasteiger partial charge in [-0.05, 0) is 24.1 Å².